The van der Waals surface area contributed by atoms with E-state index in [9.17, 15) is 4.79 Å². The van der Waals surface area contributed by atoms with Crippen LogP contribution in [-0.4, -0.2) is 21.9 Å². The van der Waals surface area contributed by atoms with Gasteiger partial charge in [0.1, 0.15) is 4.58 Å². The van der Waals surface area contributed by atoms with Crippen molar-refractivity contribution in [3.8, 4) is 0 Å². The Balaban J connectivity index is 1.89. The zero-order valence-electron chi connectivity index (χ0n) is 7.12. The molecule has 0 aromatic carbocycles. The van der Waals surface area contributed by atoms with Crippen LogP contribution >= 0.6 is 23.5 Å². The van der Waals surface area contributed by atoms with Crippen LogP contribution in [-0.2, 0) is 4.79 Å². The number of ketones is 1. The van der Waals surface area contributed by atoms with E-state index in [-0.39, 0.29) is 0 Å². The molecule has 0 N–H and O–H groups in total. The summed E-state index contributed by atoms with van der Waals surface area (Å²) in [6.07, 6.45) is 4.88. The lowest BCUT2D eigenvalue weighted by Gasteiger charge is -2.11. The van der Waals surface area contributed by atoms with Crippen molar-refractivity contribution in [3.63, 3.8) is 0 Å². The average molecular weight is 202 g/mol. The molecule has 1 nitrogen and oxygen atoms in total. The van der Waals surface area contributed by atoms with Gasteiger partial charge in [0.25, 0.3) is 0 Å². The summed E-state index contributed by atoms with van der Waals surface area (Å²) >= 11 is 3.70. The molecule has 1 aliphatic carbocycles. The summed E-state index contributed by atoms with van der Waals surface area (Å²) < 4.78 is 0.299. The quantitative estimate of drug-likeness (QED) is 0.685. The van der Waals surface area contributed by atoms with E-state index in [1.54, 1.807) is 0 Å². The molecule has 1 heterocycles. The lowest BCUT2D eigenvalue weighted by Crippen LogP contribution is -2.19. The molecule has 0 aromatic rings. The standard InChI is InChI=1S/C9H14OS2/c10-8(7-3-1-2-4-7)9-11-5-6-12-9/h7,9H,1-6H2. The highest BCUT2D eigenvalue weighted by Crippen LogP contribution is 2.37. The van der Waals surface area contributed by atoms with Crippen molar-refractivity contribution in [2.45, 2.75) is 30.3 Å². The fraction of sp³-hybridized carbons (Fsp3) is 0.889. The van der Waals surface area contributed by atoms with Gasteiger partial charge in [0.15, 0.2) is 5.78 Å². The molecule has 2 fully saturated rings. The number of carbonyl (C=O) groups is 1. The molecule has 1 saturated carbocycles. The van der Waals surface area contributed by atoms with Crippen molar-refractivity contribution in [2.24, 2.45) is 5.92 Å². The maximum atomic E-state index is 11.8. The number of carbonyl (C=O) groups excluding carboxylic acids is 1. The molecular formula is C9H14OS2. The third kappa shape index (κ3) is 1.82. The number of hydrogen-bond acceptors (Lipinski definition) is 3. The highest BCUT2D eigenvalue weighted by atomic mass is 32.2. The van der Waals surface area contributed by atoms with Crippen molar-refractivity contribution >= 4 is 29.3 Å². The fourth-order valence-corrected chi connectivity index (χ4v) is 4.80. The first-order chi connectivity index (χ1) is 5.88. The Morgan fingerprint density at radius 1 is 1.08 bits per heavy atom. The Morgan fingerprint density at radius 3 is 2.25 bits per heavy atom. The van der Waals surface area contributed by atoms with E-state index in [2.05, 4.69) is 0 Å². The van der Waals surface area contributed by atoms with E-state index >= 15 is 0 Å². The van der Waals surface area contributed by atoms with Gasteiger partial charge in [0.2, 0.25) is 0 Å². The normalized spacial score (nSPS) is 26.7. The van der Waals surface area contributed by atoms with Gasteiger partial charge in [0.05, 0.1) is 0 Å². The van der Waals surface area contributed by atoms with Gasteiger partial charge >= 0.3 is 0 Å². The van der Waals surface area contributed by atoms with Crippen LogP contribution < -0.4 is 0 Å². The maximum Gasteiger partial charge on any atom is 0.158 e. The monoisotopic (exact) mass is 202 g/mol. The summed E-state index contributed by atoms with van der Waals surface area (Å²) in [6.45, 7) is 0. The summed E-state index contributed by atoms with van der Waals surface area (Å²) in [7, 11) is 0. The summed E-state index contributed by atoms with van der Waals surface area (Å²) in [5, 5.41) is 0. The summed E-state index contributed by atoms with van der Waals surface area (Å²) in [4.78, 5) is 11.8. The third-order valence-electron chi connectivity index (χ3n) is 2.61. The Kier molecular flexibility index (Phi) is 3.02. The Hall–Kier alpha value is 0.370. The fourth-order valence-electron chi connectivity index (χ4n) is 1.93. The molecule has 0 unspecified atom stereocenters. The first kappa shape index (κ1) is 8.95. The number of rotatable bonds is 2. The number of Topliss-reactive ketones (excluding diaryl/α,β-unsaturated/α-hetero) is 1. The van der Waals surface area contributed by atoms with Crippen molar-refractivity contribution in [3.05, 3.63) is 0 Å². The summed E-state index contributed by atoms with van der Waals surface area (Å²) in [5.41, 5.74) is 0. The molecule has 1 aliphatic heterocycles. The van der Waals surface area contributed by atoms with Crippen LogP contribution in [0, 0.1) is 5.92 Å². The number of thioether (sulfide) groups is 2. The Labute approximate surface area is 82.1 Å². The van der Waals surface area contributed by atoms with Crippen LogP contribution in [0.2, 0.25) is 0 Å². The topological polar surface area (TPSA) is 17.1 Å². The van der Waals surface area contributed by atoms with E-state index in [4.69, 9.17) is 0 Å². The highest BCUT2D eigenvalue weighted by Gasteiger charge is 2.31. The van der Waals surface area contributed by atoms with Crippen molar-refractivity contribution in [1.29, 1.82) is 0 Å². The summed E-state index contributed by atoms with van der Waals surface area (Å²) in [5.74, 6) is 3.31. The molecule has 2 rings (SSSR count). The molecule has 1 saturated heterocycles. The zero-order valence-corrected chi connectivity index (χ0v) is 8.76. The van der Waals surface area contributed by atoms with Crippen LogP contribution in [0.15, 0.2) is 0 Å². The second kappa shape index (κ2) is 4.05. The maximum absolute atomic E-state index is 11.8. The second-order valence-corrected chi connectivity index (χ2v) is 6.18. The first-order valence-electron chi connectivity index (χ1n) is 4.65. The van der Waals surface area contributed by atoms with Gasteiger partial charge in [-0.2, -0.15) is 0 Å². The van der Waals surface area contributed by atoms with Gasteiger partial charge in [-0.05, 0) is 12.8 Å². The van der Waals surface area contributed by atoms with Crippen molar-refractivity contribution < 1.29 is 4.79 Å². The minimum Gasteiger partial charge on any atom is -0.297 e. The molecule has 2 aliphatic rings. The SMILES string of the molecule is O=C(C1CCCC1)C1SCCS1. The molecule has 0 amide bonds. The van der Waals surface area contributed by atoms with Crippen LogP contribution in [0.25, 0.3) is 0 Å². The first-order valence-corrected chi connectivity index (χ1v) is 6.74. The van der Waals surface area contributed by atoms with Gasteiger partial charge in [-0.15, -0.1) is 23.5 Å². The predicted molar refractivity (Wildman–Crippen MR) is 55.7 cm³/mol. The van der Waals surface area contributed by atoms with E-state index in [0.29, 0.717) is 16.3 Å². The minimum atomic E-state index is 0.299. The Bertz CT molecular complexity index is 151. The minimum absolute atomic E-state index is 0.299. The van der Waals surface area contributed by atoms with Crippen LogP contribution in [0.5, 0.6) is 0 Å². The Morgan fingerprint density at radius 2 is 1.67 bits per heavy atom. The molecule has 12 heavy (non-hydrogen) atoms. The third-order valence-corrected chi connectivity index (χ3v) is 5.64. The van der Waals surface area contributed by atoms with Crippen molar-refractivity contribution in [1.82, 2.24) is 0 Å². The number of hydrogen-bond donors (Lipinski definition) is 0. The molecule has 0 aromatic heterocycles. The van der Waals surface area contributed by atoms with Crippen LogP contribution in [0.4, 0.5) is 0 Å². The van der Waals surface area contributed by atoms with E-state index in [1.807, 2.05) is 23.5 Å². The zero-order chi connectivity index (χ0) is 8.39. The van der Waals surface area contributed by atoms with E-state index < -0.39 is 0 Å². The molecule has 0 atom stereocenters. The largest absolute Gasteiger partial charge is 0.297 e. The molecule has 0 bridgehead atoms. The molecule has 0 radical (unpaired) electrons. The van der Waals surface area contributed by atoms with Crippen LogP contribution in [0.1, 0.15) is 25.7 Å². The van der Waals surface area contributed by atoms with Gasteiger partial charge in [-0.1, -0.05) is 12.8 Å². The molecule has 3 heteroatoms. The molecule has 0 spiro atoms. The van der Waals surface area contributed by atoms with E-state index in [0.717, 1.165) is 12.8 Å². The second-order valence-electron chi connectivity index (χ2n) is 3.46. The van der Waals surface area contributed by atoms with Gasteiger partial charge in [0, 0.05) is 17.4 Å². The highest BCUT2D eigenvalue weighted by molar-refractivity contribution is 8.21. The molecular weight excluding hydrogens is 188 g/mol. The van der Waals surface area contributed by atoms with Crippen LogP contribution in [0.3, 0.4) is 0 Å². The average Bonchev–Trinajstić information content (AvgIpc) is 2.77. The van der Waals surface area contributed by atoms with Gasteiger partial charge in [-0.25, -0.2) is 0 Å². The predicted octanol–water partition coefficient (Wildman–Crippen LogP) is 2.55. The van der Waals surface area contributed by atoms with Gasteiger partial charge < -0.3 is 0 Å². The van der Waals surface area contributed by atoms with E-state index in [1.165, 1.54) is 24.3 Å². The van der Waals surface area contributed by atoms with Gasteiger partial charge in [-0.3, -0.25) is 4.79 Å². The molecule has 68 valence electrons. The lowest BCUT2D eigenvalue weighted by atomic mass is 10.0. The summed E-state index contributed by atoms with van der Waals surface area (Å²) in [6, 6.07) is 0. The van der Waals surface area contributed by atoms with Crippen molar-refractivity contribution in [2.75, 3.05) is 11.5 Å². The smallest absolute Gasteiger partial charge is 0.158 e. The lowest BCUT2D eigenvalue weighted by molar-refractivity contribution is -0.120.